The van der Waals surface area contributed by atoms with Crippen molar-refractivity contribution < 1.29 is 4.79 Å². The summed E-state index contributed by atoms with van der Waals surface area (Å²) in [7, 11) is 0. The first-order valence-electron chi connectivity index (χ1n) is 7.56. The molecule has 0 radical (unpaired) electrons. The van der Waals surface area contributed by atoms with Crippen LogP contribution < -0.4 is 5.32 Å². The van der Waals surface area contributed by atoms with Crippen molar-refractivity contribution in [2.45, 2.75) is 11.3 Å². The number of aromatic nitrogens is 1. The van der Waals surface area contributed by atoms with E-state index >= 15 is 0 Å². The van der Waals surface area contributed by atoms with Crippen molar-refractivity contribution in [3.63, 3.8) is 0 Å². The molecule has 134 valence electrons. The minimum absolute atomic E-state index is 0.129. The molecule has 3 rings (SSSR count). The molecule has 0 unspecified atom stereocenters. The predicted molar refractivity (Wildman–Crippen MR) is 115 cm³/mol. The van der Waals surface area contributed by atoms with Crippen LogP contribution in [0.25, 0.3) is 0 Å². The molecule has 2 aromatic carbocycles. The molecule has 1 aromatic heterocycles. The third-order valence-electron chi connectivity index (χ3n) is 3.34. The number of nitrogens with zero attached hydrogens (tertiary/aromatic N) is 1. The van der Waals surface area contributed by atoms with Gasteiger partial charge in [0.25, 0.3) is 0 Å². The zero-order chi connectivity index (χ0) is 18.5. The standard InChI is InChI=1S/C18H13BrCl2N2OS2/c19-12-3-1-11(2-4-12)7-14-9-22-18(26-14)23-17(24)10-25-16-8-13(20)5-6-15(16)21/h1-6,8-9H,7,10H2,(H,22,23,24). The summed E-state index contributed by atoms with van der Waals surface area (Å²) in [6.07, 6.45) is 2.58. The van der Waals surface area contributed by atoms with E-state index in [-0.39, 0.29) is 11.7 Å². The van der Waals surface area contributed by atoms with Crippen LogP contribution in [-0.4, -0.2) is 16.6 Å². The normalized spacial score (nSPS) is 10.7. The Balaban J connectivity index is 1.54. The van der Waals surface area contributed by atoms with Gasteiger partial charge in [0.1, 0.15) is 0 Å². The van der Waals surface area contributed by atoms with Gasteiger partial charge in [0.15, 0.2) is 5.13 Å². The highest BCUT2D eigenvalue weighted by molar-refractivity contribution is 9.10. The number of amides is 1. The van der Waals surface area contributed by atoms with Gasteiger partial charge in [-0.2, -0.15) is 0 Å². The van der Waals surface area contributed by atoms with E-state index in [1.165, 1.54) is 28.7 Å². The number of thiazole rings is 1. The summed E-state index contributed by atoms with van der Waals surface area (Å²) < 4.78 is 1.05. The first-order valence-corrected chi connectivity index (χ1v) is 10.9. The third kappa shape index (κ3) is 5.72. The van der Waals surface area contributed by atoms with Crippen LogP contribution in [0.1, 0.15) is 10.4 Å². The average molecular weight is 488 g/mol. The second kappa shape index (κ2) is 9.24. The summed E-state index contributed by atoms with van der Waals surface area (Å²) in [4.78, 5) is 18.3. The number of carbonyl (C=O) groups excluding carboxylic acids is 1. The molecule has 3 aromatic rings. The third-order valence-corrected chi connectivity index (χ3v) is 6.52. The summed E-state index contributed by atoms with van der Waals surface area (Å²) in [5.41, 5.74) is 1.20. The second-order valence-electron chi connectivity index (χ2n) is 5.35. The number of thioether (sulfide) groups is 1. The Morgan fingerprint density at radius 1 is 1.19 bits per heavy atom. The van der Waals surface area contributed by atoms with Crippen LogP contribution in [-0.2, 0) is 11.2 Å². The topological polar surface area (TPSA) is 42.0 Å². The van der Waals surface area contributed by atoms with E-state index in [2.05, 4.69) is 38.4 Å². The number of hydrogen-bond acceptors (Lipinski definition) is 4. The number of hydrogen-bond donors (Lipinski definition) is 1. The number of anilines is 1. The van der Waals surface area contributed by atoms with Gasteiger partial charge in [-0.25, -0.2) is 4.98 Å². The molecule has 0 atom stereocenters. The van der Waals surface area contributed by atoms with Crippen LogP contribution in [0, 0.1) is 0 Å². The smallest absolute Gasteiger partial charge is 0.236 e. The number of halogens is 3. The molecule has 0 aliphatic carbocycles. The fraction of sp³-hybridized carbons (Fsp3) is 0.111. The van der Waals surface area contributed by atoms with Gasteiger partial charge >= 0.3 is 0 Å². The van der Waals surface area contributed by atoms with Crippen LogP contribution in [0.3, 0.4) is 0 Å². The van der Waals surface area contributed by atoms with Crippen molar-refractivity contribution in [2.24, 2.45) is 0 Å². The maximum absolute atomic E-state index is 12.1. The van der Waals surface area contributed by atoms with E-state index < -0.39 is 0 Å². The van der Waals surface area contributed by atoms with Crippen LogP contribution >= 0.6 is 62.2 Å². The molecule has 26 heavy (non-hydrogen) atoms. The number of benzene rings is 2. The van der Waals surface area contributed by atoms with Gasteiger partial charge in [0.2, 0.25) is 5.91 Å². The SMILES string of the molecule is O=C(CSc1cc(Cl)ccc1Cl)Nc1ncc(Cc2ccc(Br)cc2)s1. The van der Waals surface area contributed by atoms with Gasteiger partial charge < -0.3 is 5.32 Å². The zero-order valence-corrected chi connectivity index (χ0v) is 18.1. The Hall–Kier alpha value is -1.05. The summed E-state index contributed by atoms with van der Waals surface area (Å²) >= 11 is 18.3. The van der Waals surface area contributed by atoms with Crippen molar-refractivity contribution in [1.29, 1.82) is 0 Å². The highest BCUT2D eigenvalue weighted by Crippen LogP contribution is 2.30. The first kappa shape index (κ1) is 19.7. The summed E-state index contributed by atoms with van der Waals surface area (Å²) in [5, 5.41) is 4.60. The second-order valence-corrected chi connectivity index (χ2v) is 9.24. The molecule has 0 aliphatic rings. The summed E-state index contributed by atoms with van der Waals surface area (Å²) in [5.74, 6) is 0.109. The Kier molecular flexibility index (Phi) is 7.00. The molecule has 0 fully saturated rings. The first-order chi connectivity index (χ1) is 12.5. The highest BCUT2D eigenvalue weighted by Gasteiger charge is 2.10. The summed E-state index contributed by atoms with van der Waals surface area (Å²) in [6.45, 7) is 0. The minimum Gasteiger partial charge on any atom is -0.301 e. The molecule has 0 saturated heterocycles. The number of nitrogens with one attached hydrogen (secondary N) is 1. The minimum atomic E-state index is -0.129. The molecule has 0 saturated carbocycles. The Morgan fingerprint density at radius 2 is 1.96 bits per heavy atom. The van der Waals surface area contributed by atoms with E-state index in [0.717, 1.165) is 20.7 Å². The lowest BCUT2D eigenvalue weighted by atomic mass is 10.1. The molecular weight excluding hydrogens is 475 g/mol. The average Bonchev–Trinajstić information content (AvgIpc) is 3.04. The van der Waals surface area contributed by atoms with Crippen LogP contribution in [0.15, 0.2) is 58.0 Å². The van der Waals surface area contributed by atoms with Crippen molar-refractivity contribution >= 4 is 73.3 Å². The maximum Gasteiger partial charge on any atom is 0.236 e. The molecule has 0 spiro atoms. The quantitative estimate of drug-likeness (QED) is 0.401. The van der Waals surface area contributed by atoms with Crippen molar-refractivity contribution in [1.82, 2.24) is 4.98 Å². The molecule has 3 nitrogen and oxygen atoms in total. The fourth-order valence-electron chi connectivity index (χ4n) is 2.14. The van der Waals surface area contributed by atoms with Gasteiger partial charge in [-0.1, -0.05) is 51.3 Å². The van der Waals surface area contributed by atoms with Crippen molar-refractivity contribution in [2.75, 3.05) is 11.1 Å². The van der Waals surface area contributed by atoms with E-state index in [4.69, 9.17) is 23.2 Å². The van der Waals surface area contributed by atoms with E-state index in [1.807, 2.05) is 12.1 Å². The van der Waals surface area contributed by atoms with Crippen LogP contribution in [0.4, 0.5) is 5.13 Å². The summed E-state index contributed by atoms with van der Waals surface area (Å²) in [6, 6.07) is 13.3. The van der Waals surface area contributed by atoms with Crippen molar-refractivity contribution in [3.8, 4) is 0 Å². The molecule has 1 amide bonds. The Morgan fingerprint density at radius 3 is 2.73 bits per heavy atom. The maximum atomic E-state index is 12.1. The van der Waals surface area contributed by atoms with Crippen LogP contribution in [0.2, 0.25) is 10.0 Å². The van der Waals surface area contributed by atoms with Gasteiger partial charge in [-0.15, -0.1) is 23.1 Å². The molecule has 1 heterocycles. The van der Waals surface area contributed by atoms with E-state index in [1.54, 1.807) is 24.4 Å². The van der Waals surface area contributed by atoms with Gasteiger partial charge in [0, 0.05) is 31.9 Å². The lowest BCUT2D eigenvalue weighted by Crippen LogP contribution is -2.13. The monoisotopic (exact) mass is 486 g/mol. The predicted octanol–water partition coefficient (Wildman–Crippen LogP) is 6.53. The molecule has 8 heteroatoms. The van der Waals surface area contributed by atoms with Crippen molar-refractivity contribution in [3.05, 3.63) is 73.6 Å². The van der Waals surface area contributed by atoms with E-state index in [9.17, 15) is 4.79 Å². The van der Waals surface area contributed by atoms with Gasteiger partial charge in [0.05, 0.1) is 10.8 Å². The molecular formula is C18H13BrCl2N2OS2. The fourth-order valence-corrected chi connectivity index (χ4v) is 4.56. The largest absolute Gasteiger partial charge is 0.301 e. The lowest BCUT2D eigenvalue weighted by Gasteiger charge is -2.04. The highest BCUT2D eigenvalue weighted by atomic mass is 79.9. The molecule has 0 aliphatic heterocycles. The molecule has 1 N–H and O–H groups in total. The zero-order valence-electron chi connectivity index (χ0n) is 13.3. The van der Waals surface area contributed by atoms with Gasteiger partial charge in [-0.05, 0) is 35.9 Å². The lowest BCUT2D eigenvalue weighted by molar-refractivity contribution is -0.113. The number of rotatable bonds is 6. The van der Waals surface area contributed by atoms with E-state index in [0.29, 0.717) is 15.2 Å². The number of carbonyl (C=O) groups is 1. The van der Waals surface area contributed by atoms with Crippen LogP contribution in [0.5, 0.6) is 0 Å². The molecule has 0 bridgehead atoms. The Bertz CT molecular complexity index is 916. The Labute approximate surface area is 178 Å². The van der Waals surface area contributed by atoms with Gasteiger partial charge in [-0.3, -0.25) is 4.79 Å².